The fraction of sp³-hybridized carbons (Fsp3) is 0.474. The third-order valence-corrected chi connectivity index (χ3v) is 6.75. The topological polar surface area (TPSA) is 103 Å². The Morgan fingerprint density at radius 2 is 1.97 bits per heavy atom. The first-order valence-electron chi connectivity index (χ1n) is 9.37. The lowest BCUT2D eigenvalue weighted by Gasteiger charge is -2.28. The number of methoxy groups -OCH3 is 2. The molecule has 2 heterocycles. The van der Waals surface area contributed by atoms with Gasteiger partial charge in [0.2, 0.25) is 5.91 Å². The number of rotatable bonds is 7. The SMILES string of the molecule is COc1ccc(OC)c(NC(=O)Cn2cnc(S(=O)(=O)N3CCC(C)CC3)c2)c1. The van der Waals surface area contributed by atoms with Gasteiger partial charge in [0, 0.05) is 25.4 Å². The summed E-state index contributed by atoms with van der Waals surface area (Å²) < 4.78 is 38.8. The molecule has 1 saturated heterocycles. The number of carbonyl (C=O) groups excluding carboxylic acids is 1. The van der Waals surface area contributed by atoms with Crippen LogP contribution in [0.5, 0.6) is 11.5 Å². The molecule has 0 unspecified atom stereocenters. The molecule has 0 saturated carbocycles. The normalized spacial score (nSPS) is 15.8. The minimum Gasteiger partial charge on any atom is -0.497 e. The number of piperidine rings is 1. The Morgan fingerprint density at radius 1 is 1.24 bits per heavy atom. The maximum absolute atomic E-state index is 12.8. The van der Waals surface area contributed by atoms with E-state index in [1.807, 2.05) is 0 Å². The van der Waals surface area contributed by atoms with Crippen molar-refractivity contribution in [1.82, 2.24) is 13.9 Å². The van der Waals surface area contributed by atoms with Crippen LogP contribution in [0, 0.1) is 5.92 Å². The smallest absolute Gasteiger partial charge is 0.262 e. The first-order chi connectivity index (χ1) is 13.8. The zero-order valence-corrected chi connectivity index (χ0v) is 17.6. The van der Waals surface area contributed by atoms with Gasteiger partial charge in [-0.15, -0.1) is 0 Å². The van der Waals surface area contributed by atoms with Crippen molar-refractivity contribution in [3.63, 3.8) is 0 Å². The Bertz CT molecular complexity index is 965. The molecule has 0 atom stereocenters. The largest absolute Gasteiger partial charge is 0.497 e. The molecule has 1 fully saturated rings. The molecule has 1 aliphatic heterocycles. The molecule has 10 heteroatoms. The van der Waals surface area contributed by atoms with E-state index in [2.05, 4.69) is 17.2 Å². The summed E-state index contributed by atoms with van der Waals surface area (Å²) in [6.45, 7) is 3.02. The van der Waals surface area contributed by atoms with Crippen LogP contribution < -0.4 is 14.8 Å². The molecule has 0 bridgehead atoms. The summed E-state index contributed by atoms with van der Waals surface area (Å²) in [5, 5.41) is 2.71. The molecule has 0 spiro atoms. The van der Waals surface area contributed by atoms with E-state index in [1.54, 1.807) is 18.2 Å². The lowest BCUT2D eigenvalue weighted by atomic mass is 10.0. The number of benzene rings is 1. The monoisotopic (exact) mass is 422 g/mol. The average Bonchev–Trinajstić information content (AvgIpc) is 3.17. The van der Waals surface area contributed by atoms with Crippen molar-refractivity contribution < 1.29 is 22.7 Å². The molecule has 0 aliphatic carbocycles. The lowest BCUT2D eigenvalue weighted by molar-refractivity contribution is -0.116. The number of ether oxygens (including phenoxy) is 2. The van der Waals surface area contributed by atoms with Crippen LogP contribution in [-0.4, -0.2) is 55.5 Å². The number of hydrogen-bond acceptors (Lipinski definition) is 6. The molecule has 0 radical (unpaired) electrons. The second-order valence-electron chi connectivity index (χ2n) is 7.09. The first-order valence-corrected chi connectivity index (χ1v) is 10.8. The Kier molecular flexibility index (Phi) is 6.43. The zero-order chi connectivity index (χ0) is 21.0. The number of amides is 1. The number of nitrogens with one attached hydrogen (secondary N) is 1. The summed E-state index contributed by atoms with van der Waals surface area (Å²) in [5.74, 6) is 1.25. The highest BCUT2D eigenvalue weighted by Gasteiger charge is 2.29. The van der Waals surface area contributed by atoms with Crippen LogP contribution in [0.4, 0.5) is 5.69 Å². The van der Waals surface area contributed by atoms with Gasteiger partial charge in [0.05, 0.1) is 26.2 Å². The van der Waals surface area contributed by atoms with Gasteiger partial charge in [-0.05, 0) is 30.9 Å². The fourth-order valence-corrected chi connectivity index (χ4v) is 4.59. The van der Waals surface area contributed by atoms with Gasteiger partial charge in [-0.2, -0.15) is 4.31 Å². The van der Waals surface area contributed by atoms with E-state index in [0.717, 1.165) is 12.8 Å². The van der Waals surface area contributed by atoms with E-state index in [-0.39, 0.29) is 17.5 Å². The van der Waals surface area contributed by atoms with Gasteiger partial charge in [0.1, 0.15) is 18.0 Å². The Morgan fingerprint density at radius 3 is 2.62 bits per heavy atom. The third kappa shape index (κ3) is 4.88. The van der Waals surface area contributed by atoms with Crippen LogP contribution in [0.2, 0.25) is 0 Å². The van der Waals surface area contributed by atoms with E-state index < -0.39 is 10.0 Å². The quantitative estimate of drug-likeness (QED) is 0.732. The highest BCUT2D eigenvalue weighted by Crippen LogP contribution is 2.29. The van der Waals surface area contributed by atoms with E-state index in [9.17, 15) is 13.2 Å². The standard InChI is InChI=1S/C19H26N4O5S/c1-14-6-8-23(9-7-14)29(25,26)19-12-22(13-20-19)11-18(24)21-16-10-15(27-2)4-5-17(16)28-3/h4-5,10,12-14H,6-9,11H2,1-3H3,(H,21,24). The molecule has 1 aromatic heterocycles. The van der Waals surface area contributed by atoms with Gasteiger partial charge in [-0.25, -0.2) is 13.4 Å². The molecular weight excluding hydrogens is 396 g/mol. The van der Waals surface area contributed by atoms with Crippen molar-refractivity contribution in [2.75, 3.05) is 32.6 Å². The maximum atomic E-state index is 12.8. The summed E-state index contributed by atoms with van der Waals surface area (Å²) in [4.78, 5) is 16.4. The van der Waals surface area contributed by atoms with Crippen molar-refractivity contribution in [2.45, 2.75) is 31.3 Å². The summed E-state index contributed by atoms with van der Waals surface area (Å²) in [5.41, 5.74) is 0.465. The van der Waals surface area contributed by atoms with Crippen molar-refractivity contribution in [1.29, 1.82) is 0 Å². The lowest BCUT2D eigenvalue weighted by Crippen LogP contribution is -2.38. The molecular formula is C19H26N4O5S. The summed E-state index contributed by atoms with van der Waals surface area (Å²) >= 11 is 0. The van der Waals surface area contributed by atoms with Crippen LogP contribution in [-0.2, 0) is 21.4 Å². The number of nitrogens with zero attached hydrogens (tertiary/aromatic N) is 3. The van der Waals surface area contributed by atoms with Crippen molar-refractivity contribution in [2.24, 2.45) is 5.92 Å². The Labute approximate surface area is 170 Å². The fourth-order valence-electron chi connectivity index (χ4n) is 3.18. The number of hydrogen-bond donors (Lipinski definition) is 1. The van der Waals surface area contributed by atoms with E-state index in [0.29, 0.717) is 36.2 Å². The highest BCUT2D eigenvalue weighted by molar-refractivity contribution is 7.89. The number of imidazole rings is 1. The van der Waals surface area contributed by atoms with Crippen LogP contribution >= 0.6 is 0 Å². The molecule has 2 aromatic rings. The van der Waals surface area contributed by atoms with E-state index >= 15 is 0 Å². The zero-order valence-electron chi connectivity index (χ0n) is 16.8. The molecule has 1 aliphatic rings. The summed E-state index contributed by atoms with van der Waals surface area (Å²) in [7, 11) is -0.608. The Balaban J connectivity index is 1.68. The van der Waals surface area contributed by atoms with E-state index in [4.69, 9.17) is 9.47 Å². The molecule has 1 N–H and O–H groups in total. The first kappa shape index (κ1) is 21.1. The molecule has 9 nitrogen and oxygen atoms in total. The molecule has 1 aromatic carbocycles. The van der Waals surface area contributed by atoms with Crippen molar-refractivity contribution in [3.05, 3.63) is 30.7 Å². The van der Waals surface area contributed by atoms with Crippen LogP contribution in [0.15, 0.2) is 35.7 Å². The van der Waals surface area contributed by atoms with Gasteiger partial charge in [-0.3, -0.25) is 4.79 Å². The maximum Gasteiger partial charge on any atom is 0.262 e. The number of carbonyl (C=O) groups is 1. The van der Waals surface area contributed by atoms with Crippen LogP contribution in [0.3, 0.4) is 0 Å². The van der Waals surface area contributed by atoms with Gasteiger partial charge in [0.25, 0.3) is 10.0 Å². The number of anilines is 1. The second-order valence-corrected chi connectivity index (χ2v) is 8.97. The Hall–Kier alpha value is -2.59. The predicted octanol–water partition coefficient (Wildman–Crippen LogP) is 1.96. The van der Waals surface area contributed by atoms with Crippen LogP contribution in [0.25, 0.3) is 0 Å². The van der Waals surface area contributed by atoms with Crippen LogP contribution in [0.1, 0.15) is 19.8 Å². The van der Waals surface area contributed by atoms with Gasteiger partial charge in [-0.1, -0.05) is 6.92 Å². The van der Waals surface area contributed by atoms with Crippen molar-refractivity contribution in [3.8, 4) is 11.5 Å². The highest BCUT2D eigenvalue weighted by atomic mass is 32.2. The number of aromatic nitrogens is 2. The second kappa shape index (κ2) is 8.83. The summed E-state index contributed by atoms with van der Waals surface area (Å²) in [6, 6.07) is 5.07. The van der Waals surface area contributed by atoms with Gasteiger partial charge >= 0.3 is 0 Å². The third-order valence-electron chi connectivity index (χ3n) is 4.96. The van der Waals surface area contributed by atoms with E-state index in [1.165, 1.54) is 35.6 Å². The van der Waals surface area contributed by atoms with Crippen molar-refractivity contribution >= 4 is 21.6 Å². The molecule has 1 amide bonds. The molecule has 158 valence electrons. The minimum absolute atomic E-state index is 0.0428. The average molecular weight is 423 g/mol. The van der Waals surface area contributed by atoms with Gasteiger partial charge in [0.15, 0.2) is 5.03 Å². The van der Waals surface area contributed by atoms with Gasteiger partial charge < -0.3 is 19.4 Å². The molecule has 29 heavy (non-hydrogen) atoms. The molecule has 3 rings (SSSR count). The summed E-state index contributed by atoms with van der Waals surface area (Å²) in [6.07, 6.45) is 4.41. The predicted molar refractivity (Wildman–Crippen MR) is 108 cm³/mol. The number of sulfonamides is 1. The minimum atomic E-state index is -3.65.